The Kier molecular flexibility index (Phi) is 5.18. The van der Waals surface area contributed by atoms with Gasteiger partial charge in [0.2, 0.25) is 0 Å². The Morgan fingerprint density at radius 3 is 1.65 bits per heavy atom. The molecule has 99 valence electrons. The zero-order valence-electron chi connectivity index (χ0n) is 11.0. The van der Waals surface area contributed by atoms with Crippen LogP contribution >= 0.6 is 0 Å². The largest absolute Gasteiger partial charge is 0.314 e. The summed E-state index contributed by atoms with van der Waals surface area (Å²) in [7, 11) is 0. The number of nitrogens with one attached hydrogen (secondary N) is 4. The van der Waals surface area contributed by atoms with E-state index in [0.717, 1.165) is 39.3 Å². The third kappa shape index (κ3) is 3.89. The second kappa shape index (κ2) is 6.66. The van der Waals surface area contributed by atoms with Crippen LogP contribution in [0, 0.1) is 0 Å². The third-order valence-electron chi connectivity index (χ3n) is 3.78. The van der Waals surface area contributed by atoms with Gasteiger partial charge in [0.1, 0.15) is 0 Å². The van der Waals surface area contributed by atoms with Crippen LogP contribution in [-0.2, 0) is 0 Å². The lowest BCUT2D eigenvalue weighted by molar-refractivity contribution is 0.271. The third-order valence-corrected chi connectivity index (χ3v) is 3.78. The molecular formula is C12H26N5. The van der Waals surface area contributed by atoms with Crippen molar-refractivity contribution in [2.45, 2.75) is 38.0 Å². The average Bonchev–Trinajstić information content (AvgIpc) is 2.40. The second-order valence-corrected chi connectivity index (χ2v) is 5.16. The summed E-state index contributed by atoms with van der Waals surface area (Å²) in [4.78, 5) is 0. The van der Waals surface area contributed by atoms with Crippen LogP contribution in [0.4, 0.5) is 0 Å². The molecule has 0 aliphatic carbocycles. The molecule has 0 amide bonds. The van der Waals surface area contributed by atoms with Crippen LogP contribution in [0.2, 0.25) is 0 Å². The van der Waals surface area contributed by atoms with E-state index in [1.165, 1.54) is 0 Å². The number of hydrogen-bond acceptors (Lipinski definition) is 4. The summed E-state index contributed by atoms with van der Waals surface area (Å²) >= 11 is 0. The standard InChI is InChI=1S/C12H26N5/c1-9(11-7-13-3-5-15-11)17-10(2)12-8-14-4-6-16-12/h9-16H,3-8H2,1-2H3. The minimum Gasteiger partial charge on any atom is -0.314 e. The maximum Gasteiger partial charge on any atom is 0.0387 e. The van der Waals surface area contributed by atoms with Crippen molar-refractivity contribution in [1.29, 1.82) is 0 Å². The Balaban J connectivity index is 1.74. The highest BCUT2D eigenvalue weighted by Gasteiger charge is 2.25. The zero-order chi connectivity index (χ0) is 12.1. The van der Waals surface area contributed by atoms with E-state index in [1.807, 2.05) is 0 Å². The van der Waals surface area contributed by atoms with Crippen LogP contribution in [0.1, 0.15) is 13.8 Å². The predicted molar refractivity (Wildman–Crippen MR) is 70.4 cm³/mol. The lowest BCUT2D eigenvalue weighted by Crippen LogP contribution is -2.60. The van der Waals surface area contributed by atoms with Gasteiger partial charge in [0, 0.05) is 63.4 Å². The molecule has 5 heteroatoms. The Hall–Kier alpha value is -0.200. The molecule has 2 aliphatic heterocycles. The fourth-order valence-electron chi connectivity index (χ4n) is 2.61. The van der Waals surface area contributed by atoms with Crippen LogP contribution in [0.5, 0.6) is 0 Å². The van der Waals surface area contributed by atoms with Crippen molar-refractivity contribution in [3.05, 3.63) is 0 Å². The summed E-state index contributed by atoms with van der Waals surface area (Å²) in [5, 5.41) is 18.8. The molecular weight excluding hydrogens is 214 g/mol. The lowest BCUT2D eigenvalue weighted by atomic mass is 10.0. The molecule has 0 saturated carbocycles. The Morgan fingerprint density at radius 2 is 1.29 bits per heavy atom. The van der Waals surface area contributed by atoms with E-state index in [-0.39, 0.29) is 0 Å². The highest BCUT2D eigenvalue weighted by atomic mass is 15.1. The van der Waals surface area contributed by atoms with Crippen LogP contribution in [0.3, 0.4) is 0 Å². The summed E-state index contributed by atoms with van der Waals surface area (Å²) in [6.45, 7) is 10.8. The van der Waals surface area contributed by atoms with Gasteiger partial charge in [0.25, 0.3) is 0 Å². The molecule has 2 fully saturated rings. The normalized spacial score (nSPS) is 34.2. The van der Waals surface area contributed by atoms with Crippen molar-refractivity contribution < 1.29 is 0 Å². The van der Waals surface area contributed by atoms with Crippen LogP contribution in [0.25, 0.3) is 0 Å². The van der Waals surface area contributed by atoms with Gasteiger partial charge in [-0.15, -0.1) is 0 Å². The molecule has 17 heavy (non-hydrogen) atoms. The fourth-order valence-corrected chi connectivity index (χ4v) is 2.61. The Bertz CT molecular complexity index is 189. The molecule has 0 aromatic carbocycles. The monoisotopic (exact) mass is 240 g/mol. The minimum atomic E-state index is 0.376. The van der Waals surface area contributed by atoms with Gasteiger partial charge in [-0.3, -0.25) is 0 Å². The van der Waals surface area contributed by atoms with Crippen molar-refractivity contribution in [2.24, 2.45) is 0 Å². The number of piperazine rings is 2. The quantitative estimate of drug-likeness (QED) is 0.483. The van der Waals surface area contributed by atoms with Gasteiger partial charge in [-0.1, -0.05) is 0 Å². The average molecular weight is 240 g/mol. The maximum absolute atomic E-state index is 4.92. The van der Waals surface area contributed by atoms with E-state index in [4.69, 9.17) is 5.32 Å². The first-order chi connectivity index (χ1) is 8.27. The molecule has 2 aliphatic rings. The first-order valence-corrected chi connectivity index (χ1v) is 6.85. The summed E-state index contributed by atoms with van der Waals surface area (Å²) in [5.74, 6) is 0. The molecule has 0 bridgehead atoms. The molecule has 0 aromatic heterocycles. The van der Waals surface area contributed by atoms with Crippen molar-refractivity contribution in [3.8, 4) is 0 Å². The molecule has 2 heterocycles. The maximum atomic E-state index is 4.92. The molecule has 4 N–H and O–H groups in total. The molecule has 4 unspecified atom stereocenters. The molecule has 0 spiro atoms. The zero-order valence-corrected chi connectivity index (χ0v) is 11.0. The first-order valence-electron chi connectivity index (χ1n) is 6.85. The highest BCUT2D eigenvalue weighted by molar-refractivity contribution is 4.90. The van der Waals surface area contributed by atoms with Crippen molar-refractivity contribution in [2.75, 3.05) is 39.3 Å². The van der Waals surface area contributed by atoms with Crippen LogP contribution in [-0.4, -0.2) is 63.4 Å². The number of nitrogens with zero attached hydrogens (tertiary/aromatic N) is 1. The van der Waals surface area contributed by atoms with Gasteiger partial charge in [0.15, 0.2) is 0 Å². The number of hydrogen-bond donors (Lipinski definition) is 4. The minimum absolute atomic E-state index is 0.376. The van der Waals surface area contributed by atoms with Gasteiger partial charge < -0.3 is 21.3 Å². The summed E-state index contributed by atoms with van der Waals surface area (Å²) in [5.41, 5.74) is 0. The molecule has 0 aromatic rings. The summed E-state index contributed by atoms with van der Waals surface area (Å²) < 4.78 is 0. The fraction of sp³-hybridized carbons (Fsp3) is 1.00. The summed E-state index contributed by atoms with van der Waals surface area (Å²) in [6, 6.07) is 1.73. The van der Waals surface area contributed by atoms with Gasteiger partial charge in [-0.25, -0.2) is 5.32 Å². The first kappa shape index (κ1) is 13.2. The SMILES string of the molecule is CC([N]C(C)C1CNCCN1)C1CNCCN1. The van der Waals surface area contributed by atoms with E-state index < -0.39 is 0 Å². The van der Waals surface area contributed by atoms with E-state index in [1.54, 1.807) is 0 Å². The van der Waals surface area contributed by atoms with Crippen LogP contribution < -0.4 is 26.6 Å². The smallest absolute Gasteiger partial charge is 0.0387 e. The Morgan fingerprint density at radius 1 is 0.824 bits per heavy atom. The molecule has 1 radical (unpaired) electrons. The second-order valence-electron chi connectivity index (χ2n) is 5.16. The Labute approximate surface area is 104 Å². The van der Waals surface area contributed by atoms with E-state index in [0.29, 0.717) is 24.2 Å². The van der Waals surface area contributed by atoms with Crippen LogP contribution in [0.15, 0.2) is 0 Å². The molecule has 2 rings (SSSR count). The lowest BCUT2D eigenvalue weighted by Gasteiger charge is -2.35. The van der Waals surface area contributed by atoms with E-state index in [2.05, 4.69) is 35.1 Å². The van der Waals surface area contributed by atoms with Crippen molar-refractivity contribution >= 4 is 0 Å². The van der Waals surface area contributed by atoms with Gasteiger partial charge >= 0.3 is 0 Å². The van der Waals surface area contributed by atoms with Gasteiger partial charge in [-0.05, 0) is 13.8 Å². The molecule has 5 nitrogen and oxygen atoms in total. The van der Waals surface area contributed by atoms with E-state index in [9.17, 15) is 0 Å². The van der Waals surface area contributed by atoms with Crippen molar-refractivity contribution in [3.63, 3.8) is 0 Å². The van der Waals surface area contributed by atoms with Crippen molar-refractivity contribution in [1.82, 2.24) is 26.6 Å². The molecule has 2 saturated heterocycles. The van der Waals surface area contributed by atoms with Gasteiger partial charge in [-0.2, -0.15) is 0 Å². The molecule has 4 atom stereocenters. The highest BCUT2D eigenvalue weighted by Crippen LogP contribution is 2.03. The van der Waals surface area contributed by atoms with E-state index >= 15 is 0 Å². The summed E-state index contributed by atoms with van der Waals surface area (Å²) in [6.07, 6.45) is 0. The van der Waals surface area contributed by atoms with Gasteiger partial charge in [0.05, 0.1) is 0 Å². The topological polar surface area (TPSA) is 62.2 Å². The predicted octanol–water partition coefficient (Wildman–Crippen LogP) is -1.51. The number of rotatable bonds is 4.